The van der Waals surface area contributed by atoms with E-state index < -0.39 is 0 Å². The van der Waals surface area contributed by atoms with Crippen LogP contribution in [0.15, 0.2) is 42.7 Å². The monoisotopic (exact) mass is 368 g/mol. The van der Waals surface area contributed by atoms with Crippen molar-refractivity contribution in [3.8, 4) is 17.1 Å². The summed E-state index contributed by atoms with van der Waals surface area (Å²) in [4.78, 5) is 13.0. The van der Waals surface area contributed by atoms with Crippen molar-refractivity contribution in [1.82, 2.24) is 19.3 Å². The van der Waals surface area contributed by atoms with Crippen molar-refractivity contribution in [3.05, 3.63) is 54.1 Å². The highest BCUT2D eigenvalue weighted by Crippen LogP contribution is 2.28. The molecule has 1 aromatic carbocycles. The summed E-state index contributed by atoms with van der Waals surface area (Å²) in [7, 11) is 0. The van der Waals surface area contributed by atoms with E-state index in [-0.39, 0.29) is 6.47 Å². The van der Waals surface area contributed by atoms with E-state index in [9.17, 15) is 0 Å². The summed E-state index contributed by atoms with van der Waals surface area (Å²) in [6, 6.07) is 11.0. The van der Waals surface area contributed by atoms with Crippen molar-refractivity contribution in [2.75, 3.05) is 13.2 Å². The standard InChI is InChI=1S/C19H22N4O.CH2O2/c1-14-12-15(2)23(21-14)18-5-3-4-16(13-18)19-20-8-9-22(19)17-6-10-24-11-7-17;2-1-3/h3-5,8-9,12-13,17H,6-7,10-11H2,1-2H3;1H,(H,2,3). The average Bonchev–Trinajstić information content (AvgIpc) is 3.29. The lowest BCUT2D eigenvalue weighted by molar-refractivity contribution is -0.122. The molecular formula is C20H24N4O3. The van der Waals surface area contributed by atoms with Gasteiger partial charge in [0, 0.05) is 42.9 Å². The minimum absolute atomic E-state index is 0.250. The molecule has 142 valence electrons. The number of carboxylic acid groups (broad SMARTS) is 1. The van der Waals surface area contributed by atoms with Crippen molar-refractivity contribution in [2.24, 2.45) is 0 Å². The lowest BCUT2D eigenvalue weighted by Gasteiger charge is -2.25. The number of benzene rings is 1. The van der Waals surface area contributed by atoms with E-state index >= 15 is 0 Å². The van der Waals surface area contributed by atoms with E-state index in [1.807, 2.05) is 17.8 Å². The normalized spacial score (nSPS) is 14.4. The molecule has 0 aliphatic carbocycles. The van der Waals surface area contributed by atoms with Crippen molar-refractivity contribution < 1.29 is 14.6 Å². The first-order valence-corrected chi connectivity index (χ1v) is 8.96. The molecule has 1 saturated heterocycles. The van der Waals surface area contributed by atoms with Gasteiger partial charge in [-0.1, -0.05) is 12.1 Å². The van der Waals surface area contributed by atoms with Crippen LogP contribution in [0.2, 0.25) is 0 Å². The Morgan fingerprint density at radius 1 is 1.22 bits per heavy atom. The van der Waals surface area contributed by atoms with Crippen LogP contribution in [0.1, 0.15) is 30.3 Å². The van der Waals surface area contributed by atoms with E-state index in [2.05, 4.69) is 58.1 Å². The maximum atomic E-state index is 8.36. The maximum Gasteiger partial charge on any atom is 0.290 e. The zero-order valence-corrected chi connectivity index (χ0v) is 15.6. The fraction of sp³-hybridized carbons (Fsp3) is 0.350. The SMILES string of the molecule is Cc1cc(C)n(-c2cccc(-c3nccn3C3CCOCC3)c2)n1.O=CO. The largest absolute Gasteiger partial charge is 0.483 e. The van der Waals surface area contributed by atoms with Gasteiger partial charge in [-0.2, -0.15) is 5.10 Å². The topological polar surface area (TPSA) is 82.2 Å². The second-order valence-corrected chi connectivity index (χ2v) is 6.50. The molecule has 7 heteroatoms. The molecule has 27 heavy (non-hydrogen) atoms. The molecule has 4 rings (SSSR count). The summed E-state index contributed by atoms with van der Waals surface area (Å²) < 4.78 is 9.77. The first-order valence-electron chi connectivity index (χ1n) is 8.96. The average molecular weight is 368 g/mol. The Hall–Kier alpha value is -2.93. The van der Waals surface area contributed by atoms with E-state index in [0.717, 1.165) is 54.5 Å². The van der Waals surface area contributed by atoms with Crippen LogP contribution in [0, 0.1) is 13.8 Å². The van der Waals surface area contributed by atoms with Gasteiger partial charge < -0.3 is 14.4 Å². The number of aryl methyl sites for hydroxylation is 2. The summed E-state index contributed by atoms with van der Waals surface area (Å²) in [6.45, 7) is 5.50. The van der Waals surface area contributed by atoms with Crippen LogP contribution in [0.3, 0.4) is 0 Å². The minimum Gasteiger partial charge on any atom is -0.483 e. The van der Waals surface area contributed by atoms with Crippen molar-refractivity contribution in [3.63, 3.8) is 0 Å². The maximum absolute atomic E-state index is 8.36. The number of rotatable bonds is 3. The van der Waals surface area contributed by atoms with E-state index in [0.29, 0.717) is 6.04 Å². The number of ether oxygens (including phenoxy) is 1. The fourth-order valence-electron chi connectivity index (χ4n) is 3.46. The van der Waals surface area contributed by atoms with Crippen LogP contribution in [0.5, 0.6) is 0 Å². The summed E-state index contributed by atoms with van der Waals surface area (Å²) >= 11 is 0. The van der Waals surface area contributed by atoms with Gasteiger partial charge in [0.05, 0.1) is 11.4 Å². The molecule has 0 atom stereocenters. The van der Waals surface area contributed by atoms with E-state index in [1.54, 1.807) is 0 Å². The van der Waals surface area contributed by atoms with Crippen LogP contribution in [-0.4, -0.2) is 44.1 Å². The molecule has 0 unspecified atom stereocenters. The van der Waals surface area contributed by atoms with E-state index in [4.69, 9.17) is 14.6 Å². The molecule has 0 spiro atoms. The fourth-order valence-corrected chi connectivity index (χ4v) is 3.46. The Balaban J connectivity index is 0.000000659. The first-order chi connectivity index (χ1) is 13.1. The van der Waals surface area contributed by atoms with Crippen LogP contribution >= 0.6 is 0 Å². The van der Waals surface area contributed by atoms with Gasteiger partial charge in [0.25, 0.3) is 6.47 Å². The second-order valence-electron chi connectivity index (χ2n) is 6.50. The number of carbonyl (C=O) groups is 1. The van der Waals surface area contributed by atoms with Crippen LogP contribution in [0.4, 0.5) is 0 Å². The summed E-state index contributed by atoms with van der Waals surface area (Å²) in [5.74, 6) is 1.02. The molecule has 0 radical (unpaired) electrons. The van der Waals surface area contributed by atoms with Crippen LogP contribution < -0.4 is 0 Å². The Kier molecular flexibility index (Phi) is 6.03. The zero-order chi connectivity index (χ0) is 19.2. The molecule has 1 aliphatic rings. The molecule has 1 N–H and O–H groups in total. The number of imidazole rings is 1. The molecular weight excluding hydrogens is 344 g/mol. The lowest BCUT2D eigenvalue weighted by Crippen LogP contribution is -2.19. The zero-order valence-electron chi connectivity index (χ0n) is 15.6. The van der Waals surface area contributed by atoms with Gasteiger partial charge in [-0.15, -0.1) is 0 Å². The number of hydrogen-bond donors (Lipinski definition) is 1. The third kappa shape index (κ3) is 4.25. The molecule has 1 aliphatic heterocycles. The van der Waals surface area contributed by atoms with Gasteiger partial charge in [-0.3, -0.25) is 4.79 Å². The second kappa shape index (κ2) is 8.64. The highest BCUT2D eigenvalue weighted by atomic mass is 16.5. The van der Waals surface area contributed by atoms with Crippen molar-refractivity contribution in [2.45, 2.75) is 32.7 Å². The third-order valence-electron chi connectivity index (χ3n) is 4.61. The van der Waals surface area contributed by atoms with Crippen molar-refractivity contribution in [1.29, 1.82) is 0 Å². The number of nitrogens with zero attached hydrogens (tertiary/aromatic N) is 4. The van der Waals surface area contributed by atoms with Crippen molar-refractivity contribution >= 4 is 6.47 Å². The highest BCUT2D eigenvalue weighted by molar-refractivity contribution is 5.60. The Labute approximate surface area is 158 Å². The molecule has 0 bridgehead atoms. The summed E-state index contributed by atoms with van der Waals surface area (Å²) in [5, 5.41) is 11.5. The Morgan fingerprint density at radius 3 is 2.63 bits per heavy atom. The highest BCUT2D eigenvalue weighted by Gasteiger charge is 2.19. The predicted molar refractivity (Wildman–Crippen MR) is 102 cm³/mol. The van der Waals surface area contributed by atoms with Gasteiger partial charge in [0.1, 0.15) is 5.82 Å². The Morgan fingerprint density at radius 2 is 1.96 bits per heavy atom. The first kappa shape index (κ1) is 18.8. The lowest BCUT2D eigenvalue weighted by atomic mass is 10.1. The smallest absolute Gasteiger partial charge is 0.290 e. The van der Waals surface area contributed by atoms with Crippen LogP contribution in [-0.2, 0) is 9.53 Å². The number of hydrogen-bond acceptors (Lipinski definition) is 4. The molecule has 0 saturated carbocycles. The predicted octanol–water partition coefficient (Wildman–Crippen LogP) is 3.40. The van der Waals surface area contributed by atoms with Gasteiger partial charge >= 0.3 is 0 Å². The van der Waals surface area contributed by atoms with Gasteiger partial charge in [0.15, 0.2) is 0 Å². The molecule has 3 heterocycles. The summed E-state index contributed by atoms with van der Waals surface area (Å²) in [5.41, 5.74) is 4.36. The van der Waals surface area contributed by atoms with Gasteiger partial charge in [-0.25, -0.2) is 9.67 Å². The molecule has 7 nitrogen and oxygen atoms in total. The third-order valence-corrected chi connectivity index (χ3v) is 4.61. The minimum atomic E-state index is -0.250. The quantitative estimate of drug-likeness (QED) is 0.717. The molecule has 1 fully saturated rings. The van der Waals surface area contributed by atoms with E-state index in [1.165, 1.54) is 0 Å². The molecule has 0 amide bonds. The van der Waals surface area contributed by atoms with Crippen LogP contribution in [0.25, 0.3) is 17.1 Å². The van der Waals surface area contributed by atoms with Gasteiger partial charge in [0.2, 0.25) is 0 Å². The molecule has 3 aromatic rings. The van der Waals surface area contributed by atoms with Gasteiger partial charge in [-0.05, 0) is 44.9 Å². The Bertz CT molecular complexity index is 894. The molecule has 2 aromatic heterocycles. The number of aromatic nitrogens is 4. The summed E-state index contributed by atoms with van der Waals surface area (Å²) in [6.07, 6.45) is 6.06.